The van der Waals surface area contributed by atoms with Gasteiger partial charge in [-0.1, -0.05) is 63.7 Å². The number of nitrogens with zero attached hydrogens (tertiary/aromatic N) is 2. The minimum atomic E-state index is 0.571. The van der Waals surface area contributed by atoms with Gasteiger partial charge in [0.25, 0.3) is 0 Å². The summed E-state index contributed by atoms with van der Waals surface area (Å²) in [7, 11) is 0. The van der Waals surface area contributed by atoms with Gasteiger partial charge in [0, 0.05) is 57.2 Å². The maximum absolute atomic E-state index is 6.08. The van der Waals surface area contributed by atoms with Crippen molar-refractivity contribution in [2.75, 3.05) is 13.2 Å². The molecule has 0 spiro atoms. The van der Waals surface area contributed by atoms with Crippen molar-refractivity contribution in [2.24, 2.45) is 0 Å². The quantitative estimate of drug-likeness (QED) is 0.142. The maximum atomic E-state index is 6.08. The lowest BCUT2D eigenvalue weighted by Crippen LogP contribution is -2.05. The summed E-state index contributed by atoms with van der Waals surface area (Å²) in [4.78, 5) is 0. The Balaban J connectivity index is 0.917. The summed E-state index contributed by atoms with van der Waals surface area (Å²) in [5.41, 5.74) is 6.84. The highest BCUT2D eigenvalue weighted by Gasteiger charge is 2.15. The van der Waals surface area contributed by atoms with Crippen LogP contribution in [0.4, 0.5) is 0 Å². The molecule has 0 atom stereocenters. The van der Waals surface area contributed by atoms with Crippen LogP contribution in [0.1, 0.15) is 6.42 Å². The Labute approximate surface area is 305 Å². The average molecular weight is 874 g/mol. The number of halogens is 4. The molecule has 0 radical (unpaired) electrons. The van der Waals surface area contributed by atoms with Crippen molar-refractivity contribution < 1.29 is 9.47 Å². The molecule has 8 heteroatoms. The molecule has 8 aromatic rings. The van der Waals surface area contributed by atoms with Gasteiger partial charge in [0.15, 0.2) is 0 Å². The van der Waals surface area contributed by atoms with Gasteiger partial charge in [0.2, 0.25) is 0 Å². The van der Waals surface area contributed by atoms with E-state index in [1.165, 1.54) is 21.5 Å². The van der Waals surface area contributed by atoms with Gasteiger partial charge >= 0.3 is 0 Å². The molecule has 47 heavy (non-hydrogen) atoms. The van der Waals surface area contributed by atoms with Gasteiger partial charge in [-0.2, -0.15) is 0 Å². The Hall–Kier alpha value is -3.56. The molecule has 0 saturated heterocycles. The zero-order valence-corrected chi connectivity index (χ0v) is 31.2. The zero-order chi connectivity index (χ0) is 32.1. The van der Waals surface area contributed by atoms with Gasteiger partial charge in [-0.15, -0.1) is 0 Å². The highest BCUT2D eigenvalue weighted by atomic mass is 79.9. The molecule has 4 nitrogen and oxygen atoms in total. The molecule has 0 fully saturated rings. The van der Waals surface area contributed by atoms with Crippen LogP contribution >= 0.6 is 63.7 Å². The third kappa shape index (κ3) is 5.90. The van der Waals surface area contributed by atoms with Gasteiger partial charge in [0.05, 0.1) is 35.3 Å². The number of aromatic nitrogens is 2. The molecule has 0 N–H and O–H groups in total. The average Bonchev–Trinajstić information content (AvgIpc) is 3.56. The lowest BCUT2D eigenvalue weighted by molar-refractivity contribution is 0.247. The molecule has 2 aromatic heterocycles. The van der Waals surface area contributed by atoms with Crippen molar-refractivity contribution in [3.63, 3.8) is 0 Å². The molecule has 0 amide bonds. The van der Waals surface area contributed by atoms with E-state index >= 15 is 0 Å². The number of hydrogen-bond acceptors (Lipinski definition) is 2. The van der Waals surface area contributed by atoms with E-state index in [1.54, 1.807) is 0 Å². The third-order valence-electron chi connectivity index (χ3n) is 8.39. The maximum Gasteiger partial charge on any atom is 0.119 e. The summed E-state index contributed by atoms with van der Waals surface area (Å²) in [6.07, 6.45) is 0.775. The molecule has 8 rings (SSSR count). The highest BCUT2D eigenvalue weighted by molar-refractivity contribution is 9.11. The molecule has 6 aromatic carbocycles. The first-order valence-corrected chi connectivity index (χ1v) is 18.4. The predicted octanol–water partition coefficient (Wildman–Crippen LogP) is 12.8. The summed E-state index contributed by atoms with van der Waals surface area (Å²) >= 11 is 14.6. The first-order chi connectivity index (χ1) is 22.9. The molecule has 0 unspecified atom stereocenters. The van der Waals surface area contributed by atoms with Crippen LogP contribution in [-0.2, 0) is 0 Å². The summed E-state index contributed by atoms with van der Waals surface area (Å²) < 4.78 is 21.0. The van der Waals surface area contributed by atoms with E-state index in [0.717, 1.165) is 69.3 Å². The minimum absolute atomic E-state index is 0.571. The fourth-order valence-electron chi connectivity index (χ4n) is 6.31. The second-order valence-corrected chi connectivity index (χ2v) is 15.0. The number of benzene rings is 6. The lowest BCUT2D eigenvalue weighted by Gasteiger charge is -2.12. The molecule has 232 valence electrons. The van der Waals surface area contributed by atoms with Gasteiger partial charge in [-0.3, -0.25) is 0 Å². The fraction of sp³-hybridized carbons (Fsp3) is 0.0769. The lowest BCUT2D eigenvalue weighted by atomic mass is 10.2. The number of fused-ring (bicyclic) bond motifs is 6. The van der Waals surface area contributed by atoms with Crippen molar-refractivity contribution in [1.29, 1.82) is 0 Å². The van der Waals surface area contributed by atoms with Crippen molar-refractivity contribution in [1.82, 2.24) is 9.13 Å². The Morgan fingerprint density at radius 3 is 0.979 bits per heavy atom. The topological polar surface area (TPSA) is 28.3 Å². The van der Waals surface area contributed by atoms with Crippen LogP contribution in [0.3, 0.4) is 0 Å². The normalized spacial score (nSPS) is 11.7. The van der Waals surface area contributed by atoms with E-state index in [9.17, 15) is 0 Å². The molecule has 0 aliphatic carbocycles. The Morgan fingerprint density at radius 1 is 0.383 bits per heavy atom. The first kappa shape index (κ1) is 30.8. The van der Waals surface area contributed by atoms with Crippen LogP contribution in [0.15, 0.2) is 139 Å². The monoisotopic (exact) mass is 870 g/mol. The third-order valence-corrected chi connectivity index (χ3v) is 10.4. The van der Waals surface area contributed by atoms with E-state index in [0.29, 0.717) is 13.2 Å². The largest absolute Gasteiger partial charge is 0.493 e. The fourth-order valence-corrected chi connectivity index (χ4v) is 7.76. The molecule has 0 bridgehead atoms. The summed E-state index contributed by atoms with van der Waals surface area (Å²) in [5.74, 6) is 1.68. The van der Waals surface area contributed by atoms with Crippen LogP contribution in [0, 0.1) is 0 Å². The van der Waals surface area contributed by atoms with Crippen molar-refractivity contribution in [3.8, 4) is 22.9 Å². The SMILES string of the molecule is Brc1ccc2c(c1)c1cc(Br)ccc1n2-c1ccc(OCCCOc2ccc(-n3c4ccc(Br)cc4c4cc(Br)ccc43)cc2)cc1. The van der Waals surface area contributed by atoms with E-state index in [-0.39, 0.29) is 0 Å². The zero-order valence-electron chi connectivity index (χ0n) is 24.9. The first-order valence-electron chi connectivity index (χ1n) is 15.2. The van der Waals surface area contributed by atoms with E-state index in [4.69, 9.17) is 9.47 Å². The van der Waals surface area contributed by atoms with E-state index in [1.807, 2.05) is 24.3 Å². The van der Waals surface area contributed by atoms with Crippen molar-refractivity contribution >= 4 is 107 Å². The second-order valence-electron chi connectivity index (χ2n) is 11.4. The standard InChI is InChI=1S/C39H26Br4N2O2/c40-24-2-14-36-32(20-24)33-21-25(41)3-15-37(33)44(36)28-6-10-30(11-7-28)46-18-1-19-47-31-12-8-29(9-13-31)45-38-16-4-26(42)22-34(38)35-23-27(43)5-17-39(35)45/h2-17,20-23H,1,18-19H2. The molecule has 2 heterocycles. The van der Waals surface area contributed by atoms with Gasteiger partial charge in [0.1, 0.15) is 11.5 Å². The molecule has 0 aliphatic rings. The Bertz CT molecular complexity index is 2140. The van der Waals surface area contributed by atoms with Crippen LogP contribution in [0.5, 0.6) is 11.5 Å². The van der Waals surface area contributed by atoms with Gasteiger partial charge < -0.3 is 18.6 Å². The summed E-state index contributed by atoms with van der Waals surface area (Å²) in [5, 5.41) is 4.83. The minimum Gasteiger partial charge on any atom is -0.493 e. The number of ether oxygens (including phenoxy) is 2. The molecular formula is C39H26Br4N2O2. The van der Waals surface area contributed by atoms with Crippen LogP contribution in [0.25, 0.3) is 55.0 Å². The van der Waals surface area contributed by atoms with Crippen LogP contribution in [0.2, 0.25) is 0 Å². The van der Waals surface area contributed by atoms with E-state index in [2.05, 4.69) is 170 Å². The highest BCUT2D eigenvalue weighted by Crippen LogP contribution is 2.37. The molecule has 0 saturated carbocycles. The van der Waals surface area contributed by atoms with Crippen LogP contribution < -0.4 is 9.47 Å². The van der Waals surface area contributed by atoms with Crippen molar-refractivity contribution in [3.05, 3.63) is 139 Å². The summed E-state index contributed by atoms with van der Waals surface area (Å²) in [6.45, 7) is 1.14. The second kappa shape index (κ2) is 12.8. The predicted molar refractivity (Wildman–Crippen MR) is 208 cm³/mol. The van der Waals surface area contributed by atoms with E-state index < -0.39 is 0 Å². The Morgan fingerprint density at radius 2 is 0.681 bits per heavy atom. The van der Waals surface area contributed by atoms with Gasteiger partial charge in [-0.25, -0.2) is 0 Å². The van der Waals surface area contributed by atoms with Crippen molar-refractivity contribution in [2.45, 2.75) is 6.42 Å². The Kier molecular flexibility index (Phi) is 8.38. The smallest absolute Gasteiger partial charge is 0.119 e. The number of rotatable bonds is 8. The number of hydrogen-bond donors (Lipinski definition) is 0. The van der Waals surface area contributed by atoms with Gasteiger partial charge in [-0.05, 0) is 121 Å². The van der Waals surface area contributed by atoms with Crippen LogP contribution in [-0.4, -0.2) is 22.3 Å². The summed E-state index contributed by atoms with van der Waals surface area (Å²) in [6, 6.07) is 42.3. The molecular weight excluding hydrogens is 848 g/mol. The molecule has 0 aliphatic heterocycles.